The van der Waals surface area contributed by atoms with E-state index in [1.54, 1.807) is 5.57 Å². The highest BCUT2D eigenvalue weighted by molar-refractivity contribution is 9.10. The van der Waals surface area contributed by atoms with E-state index in [-0.39, 0.29) is 0 Å². The first-order chi connectivity index (χ1) is 8.63. The van der Waals surface area contributed by atoms with Gasteiger partial charge in [0.1, 0.15) is 0 Å². The monoisotopic (exact) mass is 307 g/mol. The van der Waals surface area contributed by atoms with E-state index in [1.165, 1.54) is 18.4 Å². The standard InChI is InChI=1S/C16H22BrN/c1-12-7-13(2)9-15(8-12)11-18-10-14-3-5-16(17)6-4-14/h3-7,12,15,18H,8-11H2,1-2H3. The number of hydrogen-bond donors (Lipinski definition) is 1. The van der Waals surface area contributed by atoms with Gasteiger partial charge in [-0.1, -0.05) is 46.6 Å². The molecule has 1 aromatic rings. The van der Waals surface area contributed by atoms with E-state index in [0.717, 1.165) is 29.4 Å². The van der Waals surface area contributed by atoms with E-state index in [1.807, 2.05) is 0 Å². The van der Waals surface area contributed by atoms with Crippen molar-refractivity contribution < 1.29 is 0 Å². The van der Waals surface area contributed by atoms with Crippen LogP contribution in [-0.2, 0) is 6.54 Å². The predicted molar refractivity (Wildman–Crippen MR) is 81.5 cm³/mol. The second-order valence-electron chi connectivity index (χ2n) is 5.55. The van der Waals surface area contributed by atoms with E-state index >= 15 is 0 Å². The Morgan fingerprint density at radius 3 is 2.67 bits per heavy atom. The first-order valence-corrected chi connectivity index (χ1v) is 7.55. The number of halogens is 1. The van der Waals surface area contributed by atoms with Gasteiger partial charge in [-0.25, -0.2) is 0 Å². The lowest BCUT2D eigenvalue weighted by molar-refractivity contribution is 0.381. The Morgan fingerprint density at radius 1 is 1.28 bits per heavy atom. The van der Waals surface area contributed by atoms with Gasteiger partial charge in [-0.15, -0.1) is 0 Å². The summed E-state index contributed by atoms with van der Waals surface area (Å²) < 4.78 is 1.15. The Balaban J connectivity index is 1.76. The van der Waals surface area contributed by atoms with Crippen molar-refractivity contribution >= 4 is 15.9 Å². The molecule has 0 aliphatic heterocycles. The second-order valence-corrected chi connectivity index (χ2v) is 6.47. The van der Waals surface area contributed by atoms with Crippen molar-refractivity contribution in [3.63, 3.8) is 0 Å². The maximum atomic E-state index is 3.59. The zero-order chi connectivity index (χ0) is 13.0. The maximum Gasteiger partial charge on any atom is 0.0205 e. The molecule has 1 aliphatic rings. The first-order valence-electron chi connectivity index (χ1n) is 6.76. The van der Waals surface area contributed by atoms with Gasteiger partial charge in [-0.05, 0) is 55.8 Å². The van der Waals surface area contributed by atoms with Gasteiger partial charge in [0.2, 0.25) is 0 Å². The van der Waals surface area contributed by atoms with Crippen molar-refractivity contribution in [1.29, 1.82) is 0 Å². The van der Waals surface area contributed by atoms with Gasteiger partial charge in [0.05, 0.1) is 0 Å². The number of hydrogen-bond acceptors (Lipinski definition) is 1. The molecule has 98 valence electrons. The van der Waals surface area contributed by atoms with Crippen LogP contribution < -0.4 is 5.32 Å². The van der Waals surface area contributed by atoms with Crippen molar-refractivity contribution in [2.24, 2.45) is 11.8 Å². The van der Waals surface area contributed by atoms with Crippen LogP contribution in [0.25, 0.3) is 0 Å². The van der Waals surface area contributed by atoms with Gasteiger partial charge in [-0.3, -0.25) is 0 Å². The molecule has 0 spiro atoms. The molecular formula is C16H22BrN. The molecule has 0 heterocycles. The summed E-state index contributed by atoms with van der Waals surface area (Å²) in [5.41, 5.74) is 2.92. The number of nitrogens with one attached hydrogen (secondary N) is 1. The Morgan fingerprint density at radius 2 is 2.00 bits per heavy atom. The zero-order valence-electron chi connectivity index (χ0n) is 11.2. The van der Waals surface area contributed by atoms with Gasteiger partial charge >= 0.3 is 0 Å². The molecule has 2 rings (SSSR count). The number of rotatable bonds is 4. The molecule has 0 bridgehead atoms. The molecule has 0 saturated carbocycles. The van der Waals surface area contributed by atoms with E-state index < -0.39 is 0 Å². The highest BCUT2D eigenvalue weighted by atomic mass is 79.9. The molecule has 0 amide bonds. The molecule has 1 nitrogen and oxygen atoms in total. The second kappa shape index (κ2) is 6.53. The molecule has 18 heavy (non-hydrogen) atoms. The molecule has 2 heteroatoms. The third-order valence-electron chi connectivity index (χ3n) is 3.56. The van der Waals surface area contributed by atoms with E-state index in [0.29, 0.717) is 0 Å². The molecule has 0 fully saturated rings. The Hall–Kier alpha value is -0.600. The van der Waals surface area contributed by atoms with Crippen molar-refractivity contribution in [3.05, 3.63) is 46.0 Å². The summed E-state index contributed by atoms with van der Waals surface area (Å²) in [5.74, 6) is 1.55. The first kappa shape index (κ1) is 13.8. The van der Waals surface area contributed by atoms with Crippen LogP contribution in [0.5, 0.6) is 0 Å². The fourth-order valence-corrected chi connectivity index (χ4v) is 3.13. The molecule has 0 aromatic heterocycles. The summed E-state index contributed by atoms with van der Waals surface area (Å²) in [6, 6.07) is 8.55. The summed E-state index contributed by atoms with van der Waals surface area (Å²) in [4.78, 5) is 0. The number of allylic oxidation sites excluding steroid dienone is 2. The largest absolute Gasteiger partial charge is 0.312 e. The normalized spacial score (nSPS) is 23.8. The fourth-order valence-electron chi connectivity index (χ4n) is 2.86. The quantitative estimate of drug-likeness (QED) is 0.806. The average molecular weight is 308 g/mol. The lowest BCUT2D eigenvalue weighted by Gasteiger charge is -2.25. The van der Waals surface area contributed by atoms with Crippen LogP contribution in [0.15, 0.2) is 40.4 Å². The van der Waals surface area contributed by atoms with Crippen LogP contribution in [0.3, 0.4) is 0 Å². The minimum Gasteiger partial charge on any atom is -0.312 e. The van der Waals surface area contributed by atoms with Crippen LogP contribution in [0.2, 0.25) is 0 Å². The summed E-state index contributed by atoms with van der Waals surface area (Å²) in [5, 5.41) is 3.59. The third-order valence-corrected chi connectivity index (χ3v) is 4.09. The molecular weight excluding hydrogens is 286 g/mol. The van der Waals surface area contributed by atoms with Gasteiger partial charge < -0.3 is 5.32 Å². The molecule has 2 unspecified atom stereocenters. The Kier molecular flexibility index (Phi) is 5.02. The molecule has 0 radical (unpaired) electrons. The Bertz CT molecular complexity index is 408. The molecule has 1 aliphatic carbocycles. The Labute approximate surface area is 119 Å². The zero-order valence-corrected chi connectivity index (χ0v) is 12.8. The third kappa shape index (κ3) is 4.25. The smallest absolute Gasteiger partial charge is 0.0205 e. The summed E-state index contributed by atoms with van der Waals surface area (Å²) in [6.45, 7) is 6.69. The lowest BCUT2D eigenvalue weighted by atomic mass is 9.84. The molecule has 1 aromatic carbocycles. The summed E-state index contributed by atoms with van der Waals surface area (Å²) in [6.07, 6.45) is 5.01. The van der Waals surface area contributed by atoms with E-state index in [4.69, 9.17) is 0 Å². The van der Waals surface area contributed by atoms with Crippen molar-refractivity contribution in [1.82, 2.24) is 5.32 Å². The van der Waals surface area contributed by atoms with Crippen LogP contribution >= 0.6 is 15.9 Å². The fraction of sp³-hybridized carbons (Fsp3) is 0.500. The SMILES string of the molecule is CC1=CC(C)CC(CNCc2ccc(Br)cc2)C1. The van der Waals surface area contributed by atoms with Gasteiger partial charge in [0.25, 0.3) is 0 Å². The van der Waals surface area contributed by atoms with Crippen LogP contribution in [0.4, 0.5) is 0 Å². The molecule has 2 atom stereocenters. The lowest BCUT2D eigenvalue weighted by Crippen LogP contribution is -2.25. The summed E-state index contributed by atoms with van der Waals surface area (Å²) >= 11 is 3.46. The van der Waals surface area contributed by atoms with E-state index in [9.17, 15) is 0 Å². The van der Waals surface area contributed by atoms with Crippen LogP contribution in [-0.4, -0.2) is 6.54 Å². The predicted octanol–water partition coefficient (Wildman–Crippen LogP) is 4.53. The van der Waals surface area contributed by atoms with Crippen molar-refractivity contribution in [3.8, 4) is 0 Å². The minimum absolute atomic E-state index is 0.748. The number of benzene rings is 1. The van der Waals surface area contributed by atoms with Crippen molar-refractivity contribution in [2.75, 3.05) is 6.54 Å². The average Bonchev–Trinajstić information content (AvgIpc) is 2.30. The van der Waals surface area contributed by atoms with Gasteiger partial charge in [0.15, 0.2) is 0 Å². The van der Waals surface area contributed by atoms with Crippen LogP contribution in [0.1, 0.15) is 32.3 Å². The summed E-state index contributed by atoms with van der Waals surface area (Å²) in [7, 11) is 0. The maximum absolute atomic E-state index is 3.59. The van der Waals surface area contributed by atoms with Gasteiger partial charge in [-0.2, -0.15) is 0 Å². The van der Waals surface area contributed by atoms with E-state index in [2.05, 4.69) is 65.4 Å². The van der Waals surface area contributed by atoms with Crippen molar-refractivity contribution in [2.45, 2.75) is 33.2 Å². The molecule has 0 saturated heterocycles. The van der Waals surface area contributed by atoms with Crippen LogP contribution in [0, 0.1) is 11.8 Å². The molecule has 1 N–H and O–H groups in total. The minimum atomic E-state index is 0.748. The highest BCUT2D eigenvalue weighted by Gasteiger charge is 2.17. The highest BCUT2D eigenvalue weighted by Crippen LogP contribution is 2.27. The topological polar surface area (TPSA) is 12.0 Å². The van der Waals surface area contributed by atoms with Gasteiger partial charge in [0, 0.05) is 11.0 Å².